The minimum atomic E-state index is -0.0220. The SMILES string of the molecule is Cc1cc(C(=O)C[n+]2ccc(C(=O)c3ccccc3)cc2)c(C)n1Cc1cccs1.[Cl-]. The van der Waals surface area contributed by atoms with Crippen LogP contribution in [0.3, 0.4) is 0 Å². The van der Waals surface area contributed by atoms with Crippen LogP contribution in [0.5, 0.6) is 0 Å². The lowest BCUT2D eigenvalue weighted by molar-refractivity contribution is -0.683. The van der Waals surface area contributed by atoms with Crippen molar-refractivity contribution in [2.75, 3.05) is 0 Å². The van der Waals surface area contributed by atoms with E-state index in [0.29, 0.717) is 11.1 Å². The maximum atomic E-state index is 12.9. The molecule has 31 heavy (non-hydrogen) atoms. The number of aryl methyl sites for hydroxylation is 1. The Morgan fingerprint density at radius 1 is 0.935 bits per heavy atom. The Hall–Kier alpha value is -3.02. The topological polar surface area (TPSA) is 42.9 Å². The van der Waals surface area contributed by atoms with E-state index in [1.165, 1.54) is 4.88 Å². The fourth-order valence-corrected chi connectivity index (χ4v) is 4.30. The highest BCUT2D eigenvalue weighted by Gasteiger charge is 2.20. The molecule has 4 nitrogen and oxygen atoms in total. The molecule has 0 amide bonds. The van der Waals surface area contributed by atoms with Crippen molar-refractivity contribution >= 4 is 22.9 Å². The van der Waals surface area contributed by atoms with Gasteiger partial charge in [0.15, 0.2) is 18.2 Å². The summed E-state index contributed by atoms with van der Waals surface area (Å²) in [5.41, 5.74) is 4.09. The number of rotatable bonds is 7. The summed E-state index contributed by atoms with van der Waals surface area (Å²) in [5, 5.41) is 2.07. The van der Waals surface area contributed by atoms with Crippen LogP contribution in [0.15, 0.2) is 78.4 Å². The highest BCUT2D eigenvalue weighted by molar-refractivity contribution is 7.09. The molecule has 0 N–H and O–H groups in total. The summed E-state index contributed by atoms with van der Waals surface area (Å²) in [5.74, 6) is 0.0406. The van der Waals surface area contributed by atoms with Gasteiger partial charge in [0.25, 0.3) is 0 Å². The molecular weight excluding hydrogens is 428 g/mol. The van der Waals surface area contributed by atoms with Gasteiger partial charge in [-0.2, -0.15) is 4.57 Å². The number of aromatic nitrogens is 2. The van der Waals surface area contributed by atoms with E-state index >= 15 is 0 Å². The smallest absolute Gasteiger partial charge is 0.229 e. The standard InChI is InChI=1S/C25H23N2O2S.ClH/c1-18-15-23(19(2)27(18)16-22-9-6-14-30-22)24(28)17-26-12-10-21(11-13-26)25(29)20-7-4-3-5-8-20;/h3-15H,16-17H2,1-2H3;1H/q+1;/p-1. The quantitative estimate of drug-likeness (QED) is 0.317. The first-order chi connectivity index (χ1) is 14.5. The lowest BCUT2D eigenvalue weighted by atomic mass is 10.0. The molecule has 158 valence electrons. The largest absolute Gasteiger partial charge is 1.00 e. The number of Topliss-reactive ketones (excluding diaryl/α,β-unsaturated/α-hetero) is 1. The first-order valence-corrected chi connectivity index (χ1v) is 10.7. The number of halogens is 1. The van der Waals surface area contributed by atoms with E-state index in [4.69, 9.17) is 0 Å². The van der Waals surface area contributed by atoms with E-state index in [2.05, 4.69) is 16.0 Å². The van der Waals surface area contributed by atoms with Crippen molar-refractivity contribution in [1.29, 1.82) is 0 Å². The summed E-state index contributed by atoms with van der Waals surface area (Å²) in [6.45, 7) is 5.06. The predicted molar refractivity (Wildman–Crippen MR) is 118 cm³/mol. The number of pyridine rings is 1. The second-order valence-corrected chi connectivity index (χ2v) is 8.36. The van der Waals surface area contributed by atoms with Gasteiger partial charge < -0.3 is 17.0 Å². The summed E-state index contributed by atoms with van der Waals surface area (Å²) in [6, 6.07) is 18.9. The van der Waals surface area contributed by atoms with Crippen molar-refractivity contribution in [2.45, 2.75) is 26.9 Å². The van der Waals surface area contributed by atoms with Crippen LogP contribution in [0.25, 0.3) is 0 Å². The van der Waals surface area contributed by atoms with E-state index < -0.39 is 0 Å². The summed E-state index contributed by atoms with van der Waals surface area (Å²) < 4.78 is 4.00. The molecule has 3 aromatic heterocycles. The molecule has 3 heterocycles. The summed E-state index contributed by atoms with van der Waals surface area (Å²) in [4.78, 5) is 26.8. The third-order valence-corrected chi connectivity index (χ3v) is 6.14. The fraction of sp³-hybridized carbons (Fsp3) is 0.160. The number of hydrogen-bond acceptors (Lipinski definition) is 3. The highest BCUT2D eigenvalue weighted by Crippen LogP contribution is 2.20. The summed E-state index contributed by atoms with van der Waals surface area (Å²) in [6.07, 6.45) is 3.58. The molecule has 1 aromatic carbocycles. The van der Waals surface area contributed by atoms with Gasteiger partial charge in [0.1, 0.15) is 0 Å². The van der Waals surface area contributed by atoms with Gasteiger partial charge in [-0.15, -0.1) is 11.3 Å². The van der Waals surface area contributed by atoms with Crippen LogP contribution in [0.4, 0.5) is 0 Å². The van der Waals surface area contributed by atoms with Gasteiger partial charge in [0.05, 0.1) is 6.54 Å². The zero-order valence-corrected chi connectivity index (χ0v) is 19.0. The van der Waals surface area contributed by atoms with Gasteiger partial charge in [0.2, 0.25) is 12.3 Å². The normalized spacial score (nSPS) is 10.5. The zero-order valence-electron chi connectivity index (χ0n) is 17.4. The molecule has 0 bridgehead atoms. The van der Waals surface area contributed by atoms with E-state index in [-0.39, 0.29) is 30.5 Å². The lowest BCUT2D eigenvalue weighted by Crippen LogP contribution is -3.00. The van der Waals surface area contributed by atoms with E-state index in [1.807, 2.05) is 48.7 Å². The number of hydrogen-bond donors (Lipinski definition) is 0. The summed E-state index contributed by atoms with van der Waals surface area (Å²) in [7, 11) is 0. The first-order valence-electron chi connectivity index (χ1n) is 9.84. The number of carbonyl (C=O) groups is 2. The van der Waals surface area contributed by atoms with Crippen LogP contribution in [-0.2, 0) is 13.1 Å². The van der Waals surface area contributed by atoms with Gasteiger partial charge in [-0.1, -0.05) is 36.4 Å². The second-order valence-electron chi connectivity index (χ2n) is 7.33. The van der Waals surface area contributed by atoms with Gasteiger partial charge in [-0.05, 0) is 31.4 Å². The molecule has 0 saturated carbocycles. The van der Waals surface area contributed by atoms with Crippen molar-refractivity contribution in [3.8, 4) is 0 Å². The Kier molecular flexibility index (Phi) is 7.21. The van der Waals surface area contributed by atoms with Crippen molar-refractivity contribution in [1.82, 2.24) is 4.57 Å². The minimum Gasteiger partial charge on any atom is -1.00 e. The van der Waals surface area contributed by atoms with Gasteiger partial charge in [-0.25, -0.2) is 0 Å². The first kappa shape index (κ1) is 22.7. The van der Waals surface area contributed by atoms with Crippen LogP contribution >= 0.6 is 11.3 Å². The molecule has 0 atom stereocenters. The summed E-state index contributed by atoms with van der Waals surface area (Å²) >= 11 is 1.72. The predicted octanol–water partition coefficient (Wildman–Crippen LogP) is 1.62. The molecule has 0 radical (unpaired) electrons. The molecule has 0 aliphatic heterocycles. The number of ketones is 2. The number of thiophene rings is 1. The van der Waals surface area contributed by atoms with Crippen molar-refractivity contribution in [3.63, 3.8) is 0 Å². The minimum absolute atomic E-state index is 0. The third kappa shape index (κ3) is 5.01. The molecule has 0 saturated heterocycles. The average Bonchev–Trinajstić information content (AvgIpc) is 3.38. The van der Waals surface area contributed by atoms with E-state index in [0.717, 1.165) is 23.5 Å². The average molecular weight is 451 g/mol. The number of carbonyl (C=O) groups excluding carboxylic acids is 2. The van der Waals surface area contributed by atoms with Gasteiger partial charge in [0, 0.05) is 45.1 Å². The fourth-order valence-electron chi connectivity index (χ4n) is 3.61. The molecule has 6 heteroatoms. The van der Waals surface area contributed by atoms with Crippen LogP contribution in [-0.4, -0.2) is 16.1 Å². The van der Waals surface area contributed by atoms with Crippen molar-refractivity contribution < 1.29 is 26.6 Å². The Morgan fingerprint density at radius 3 is 2.26 bits per heavy atom. The Morgan fingerprint density at radius 2 is 1.61 bits per heavy atom. The Labute approximate surface area is 192 Å². The van der Waals surface area contributed by atoms with Crippen LogP contribution < -0.4 is 17.0 Å². The highest BCUT2D eigenvalue weighted by atomic mass is 35.5. The molecule has 0 spiro atoms. The maximum absolute atomic E-state index is 12.9. The van der Waals surface area contributed by atoms with Crippen molar-refractivity contribution in [2.24, 2.45) is 0 Å². The van der Waals surface area contributed by atoms with Gasteiger partial charge >= 0.3 is 0 Å². The van der Waals surface area contributed by atoms with Crippen molar-refractivity contribution in [3.05, 3.63) is 111 Å². The maximum Gasteiger partial charge on any atom is 0.229 e. The van der Waals surface area contributed by atoms with Crippen LogP contribution in [0.1, 0.15) is 42.5 Å². The third-order valence-electron chi connectivity index (χ3n) is 5.28. The van der Waals surface area contributed by atoms with E-state index in [9.17, 15) is 9.59 Å². The molecule has 0 aliphatic rings. The molecule has 4 aromatic rings. The Balaban J connectivity index is 0.00000272. The lowest BCUT2D eigenvalue weighted by Gasteiger charge is -2.08. The molecule has 4 rings (SSSR count). The Bertz CT molecular complexity index is 1180. The monoisotopic (exact) mass is 450 g/mol. The zero-order chi connectivity index (χ0) is 21.1. The second kappa shape index (κ2) is 9.86. The molecule has 0 fully saturated rings. The van der Waals surface area contributed by atoms with E-state index in [1.54, 1.807) is 48.0 Å². The van der Waals surface area contributed by atoms with Crippen LogP contribution in [0.2, 0.25) is 0 Å². The molecular formula is C25H23ClN2O2S. The van der Waals surface area contributed by atoms with Gasteiger partial charge in [-0.3, -0.25) is 9.59 Å². The number of benzene rings is 1. The molecule has 0 aliphatic carbocycles. The molecule has 0 unspecified atom stereocenters. The number of nitrogens with zero attached hydrogens (tertiary/aromatic N) is 2. The van der Waals surface area contributed by atoms with Crippen LogP contribution in [0, 0.1) is 13.8 Å².